The number of pyridine rings is 1. The van der Waals surface area contributed by atoms with Gasteiger partial charge in [0.05, 0.1) is 29.7 Å². The Kier molecular flexibility index (Phi) is 2.90. The third kappa shape index (κ3) is 2.00. The summed E-state index contributed by atoms with van der Waals surface area (Å²) in [4.78, 5) is 10.8. The predicted octanol–water partition coefficient (Wildman–Crippen LogP) is 1.02. The van der Waals surface area contributed by atoms with Gasteiger partial charge < -0.3 is 5.11 Å². The summed E-state index contributed by atoms with van der Waals surface area (Å²) >= 11 is 0. The molecule has 0 aliphatic heterocycles. The molecular weight excluding hydrogens is 260 g/mol. The monoisotopic (exact) mass is 272 g/mol. The molecule has 1 atom stereocenters. The maximum Gasteiger partial charge on any atom is 0.305 e. The number of hydrogen-bond acceptors (Lipinski definition) is 5. The first-order valence-electron chi connectivity index (χ1n) is 6.09. The summed E-state index contributed by atoms with van der Waals surface area (Å²) in [6.07, 6.45) is 3.45. The van der Waals surface area contributed by atoms with Crippen LogP contribution in [0.25, 0.3) is 16.9 Å². The minimum Gasteiger partial charge on any atom is -0.481 e. The molecule has 0 aliphatic rings. The molecule has 0 bridgehead atoms. The average Bonchev–Trinajstić information content (AvgIpc) is 3.03. The number of rotatable bonds is 4. The highest BCUT2D eigenvalue weighted by Gasteiger charge is 2.19. The molecule has 3 rings (SSSR count). The topological polar surface area (TPSA) is 98.2 Å². The van der Waals surface area contributed by atoms with Crippen LogP contribution in [0.5, 0.6) is 0 Å². The lowest BCUT2D eigenvalue weighted by atomic mass is 10.2. The number of nitrogens with zero attached hydrogens (tertiary/aromatic N) is 6. The van der Waals surface area contributed by atoms with E-state index in [-0.39, 0.29) is 12.5 Å². The van der Waals surface area contributed by atoms with E-state index < -0.39 is 5.97 Å². The van der Waals surface area contributed by atoms with Gasteiger partial charge in [-0.05, 0) is 29.5 Å². The first-order valence-corrected chi connectivity index (χ1v) is 6.09. The molecule has 0 radical (unpaired) electrons. The Morgan fingerprint density at radius 3 is 3.10 bits per heavy atom. The Hall–Kier alpha value is -2.77. The van der Waals surface area contributed by atoms with Crippen LogP contribution in [-0.2, 0) is 4.79 Å². The molecule has 3 aromatic heterocycles. The minimum atomic E-state index is -0.890. The molecule has 1 unspecified atom stereocenters. The normalized spacial score (nSPS) is 12.7. The quantitative estimate of drug-likeness (QED) is 0.761. The highest BCUT2D eigenvalue weighted by molar-refractivity contribution is 5.75. The minimum absolute atomic E-state index is 0.0444. The Morgan fingerprint density at radius 2 is 2.30 bits per heavy atom. The summed E-state index contributed by atoms with van der Waals surface area (Å²) in [5, 5.41) is 24.6. The fourth-order valence-electron chi connectivity index (χ4n) is 2.11. The molecule has 0 spiro atoms. The second-order valence-corrected chi connectivity index (χ2v) is 4.48. The van der Waals surface area contributed by atoms with Crippen molar-refractivity contribution in [3.05, 3.63) is 30.6 Å². The first kappa shape index (κ1) is 12.3. The van der Waals surface area contributed by atoms with E-state index in [1.54, 1.807) is 17.6 Å². The number of carbonyl (C=O) groups is 1. The summed E-state index contributed by atoms with van der Waals surface area (Å²) in [5.41, 5.74) is 1.64. The van der Waals surface area contributed by atoms with Crippen molar-refractivity contribution in [1.29, 1.82) is 0 Å². The first-order chi connectivity index (χ1) is 9.66. The second kappa shape index (κ2) is 4.72. The van der Waals surface area contributed by atoms with E-state index in [4.69, 9.17) is 5.11 Å². The Balaban J connectivity index is 2.07. The molecule has 0 fully saturated rings. The molecule has 0 aliphatic carbocycles. The van der Waals surface area contributed by atoms with Crippen LogP contribution in [0.1, 0.15) is 19.4 Å². The Bertz CT molecular complexity index is 762. The zero-order chi connectivity index (χ0) is 14.1. The summed E-state index contributed by atoms with van der Waals surface area (Å²) in [6, 6.07) is 5.34. The molecule has 3 aromatic rings. The SMILES string of the molecule is CC(CC(=O)O)n1nnnc1-c1cnn2ccccc12. The van der Waals surface area contributed by atoms with Crippen LogP contribution in [0.15, 0.2) is 30.6 Å². The van der Waals surface area contributed by atoms with E-state index in [9.17, 15) is 4.79 Å². The smallest absolute Gasteiger partial charge is 0.305 e. The van der Waals surface area contributed by atoms with Crippen molar-refractivity contribution in [2.24, 2.45) is 0 Å². The number of aliphatic carboxylic acids is 1. The van der Waals surface area contributed by atoms with Gasteiger partial charge in [0.25, 0.3) is 0 Å². The zero-order valence-corrected chi connectivity index (χ0v) is 10.7. The number of carboxylic acid groups (broad SMARTS) is 1. The molecule has 1 N–H and O–H groups in total. The Morgan fingerprint density at radius 1 is 1.45 bits per heavy atom. The number of carboxylic acids is 1. The highest BCUT2D eigenvalue weighted by atomic mass is 16.4. The van der Waals surface area contributed by atoms with E-state index in [1.165, 1.54) is 4.68 Å². The van der Waals surface area contributed by atoms with Gasteiger partial charge in [0.1, 0.15) is 0 Å². The van der Waals surface area contributed by atoms with Crippen LogP contribution in [0.2, 0.25) is 0 Å². The van der Waals surface area contributed by atoms with Crippen LogP contribution in [0.4, 0.5) is 0 Å². The maximum atomic E-state index is 10.8. The van der Waals surface area contributed by atoms with Gasteiger partial charge in [0.2, 0.25) is 0 Å². The lowest BCUT2D eigenvalue weighted by Crippen LogP contribution is -2.13. The number of hydrogen-bond donors (Lipinski definition) is 1. The van der Waals surface area contributed by atoms with Gasteiger partial charge in [-0.25, -0.2) is 9.20 Å². The van der Waals surface area contributed by atoms with Crippen molar-refractivity contribution in [2.75, 3.05) is 0 Å². The van der Waals surface area contributed by atoms with Gasteiger partial charge in [-0.15, -0.1) is 5.10 Å². The lowest BCUT2D eigenvalue weighted by molar-refractivity contribution is -0.137. The molecule has 0 saturated heterocycles. The fourth-order valence-corrected chi connectivity index (χ4v) is 2.11. The van der Waals surface area contributed by atoms with Gasteiger partial charge in [-0.1, -0.05) is 6.07 Å². The molecule has 8 heteroatoms. The third-order valence-electron chi connectivity index (χ3n) is 3.05. The van der Waals surface area contributed by atoms with Gasteiger partial charge >= 0.3 is 5.97 Å². The summed E-state index contributed by atoms with van der Waals surface area (Å²) in [7, 11) is 0. The van der Waals surface area contributed by atoms with Crippen molar-refractivity contribution < 1.29 is 9.90 Å². The molecule has 0 amide bonds. The van der Waals surface area contributed by atoms with Crippen molar-refractivity contribution in [2.45, 2.75) is 19.4 Å². The number of fused-ring (bicyclic) bond motifs is 1. The van der Waals surface area contributed by atoms with E-state index in [2.05, 4.69) is 20.6 Å². The molecule has 102 valence electrons. The van der Waals surface area contributed by atoms with Crippen molar-refractivity contribution >= 4 is 11.5 Å². The molecule has 8 nitrogen and oxygen atoms in total. The second-order valence-electron chi connectivity index (χ2n) is 4.48. The van der Waals surface area contributed by atoms with Crippen LogP contribution < -0.4 is 0 Å². The molecule has 0 aromatic carbocycles. The molecular formula is C12H12N6O2. The zero-order valence-electron chi connectivity index (χ0n) is 10.7. The number of tetrazole rings is 1. The van der Waals surface area contributed by atoms with Gasteiger partial charge in [-0.2, -0.15) is 5.10 Å². The Labute approximate surface area is 113 Å². The summed E-state index contributed by atoms with van der Waals surface area (Å²) in [6.45, 7) is 1.76. The van der Waals surface area contributed by atoms with Gasteiger partial charge in [0.15, 0.2) is 5.82 Å². The van der Waals surface area contributed by atoms with Crippen molar-refractivity contribution in [1.82, 2.24) is 29.8 Å². The highest BCUT2D eigenvalue weighted by Crippen LogP contribution is 2.24. The lowest BCUT2D eigenvalue weighted by Gasteiger charge is -2.10. The van der Waals surface area contributed by atoms with Crippen LogP contribution >= 0.6 is 0 Å². The standard InChI is InChI=1S/C12H12N6O2/c1-8(6-11(19)20)18-12(14-15-16-18)9-7-13-17-5-3-2-4-10(9)17/h2-5,7-8H,6H2,1H3,(H,19,20). The van der Waals surface area contributed by atoms with E-state index in [1.807, 2.05) is 24.4 Å². The van der Waals surface area contributed by atoms with Gasteiger partial charge in [0, 0.05) is 6.20 Å². The van der Waals surface area contributed by atoms with Crippen molar-refractivity contribution in [3.63, 3.8) is 0 Å². The molecule has 20 heavy (non-hydrogen) atoms. The van der Waals surface area contributed by atoms with E-state index in [0.717, 1.165) is 11.1 Å². The van der Waals surface area contributed by atoms with E-state index >= 15 is 0 Å². The van der Waals surface area contributed by atoms with Gasteiger partial charge in [-0.3, -0.25) is 4.79 Å². The van der Waals surface area contributed by atoms with Crippen LogP contribution in [0, 0.1) is 0 Å². The molecule has 0 saturated carbocycles. The average molecular weight is 272 g/mol. The summed E-state index contributed by atoms with van der Waals surface area (Å²) < 4.78 is 3.23. The number of aromatic nitrogens is 6. The van der Waals surface area contributed by atoms with E-state index in [0.29, 0.717) is 5.82 Å². The third-order valence-corrected chi connectivity index (χ3v) is 3.05. The summed E-state index contributed by atoms with van der Waals surface area (Å²) in [5.74, 6) is -0.376. The van der Waals surface area contributed by atoms with Crippen LogP contribution in [0.3, 0.4) is 0 Å². The predicted molar refractivity (Wildman–Crippen MR) is 69.0 cm³/mol. The largest absolute Gasteiger partial charge is 0.481 e. The maximum absolute atomic E-state index is 10.8. The van der Waals surface area contributed by atoms with Crippen molar-refractivity contribution in [3.8, 4) is 11.4 Å². The fraction of sp³-hybridized carbons (Fsp3) is 0.250. The van der Waals surface area contributed by atoms with Crippen LogP contribution in [-0.4, -0.2) is 40.9 Å². The molecule has 3 heterocycles.